The van der Waals surface area contributed by atoms with Crippen molar-refractivity contribution in [1.29, 1.82) is 0 Å². The molecule has 2 aliphatic heterocycles. The molecule has 3 heterocycles. The van der Waals surface area contributed by atoms with Crippen molar-refractivity contribution in [3.05, 3.63) is 58.0 Å². The van der Waals surface area contributed by atoms with E-state index in [1.54, 1.807) is 36.4 Å². The molecule has 0 radical (unpaired) electrons. The van der Waals surface area contributed by atoms with Gasteiger partial charge in [-0.2, -0.15) is 4.31 Å². The molecular formula is C22H22N4O5S2. The molecule has 0 spiro atoms. The summed E-state index contributed by atoms with van der Waals surface area (Å²) in [6.07, 6.45) is 1.26. The number of ether oxygens (including phenoxy) is 2. The Hall–Kier alpha value is -3.02. The molecular weight excluding hydrogens is 464 g/mol. The van der Waals surface area contributed by atoms with Gasteiger partial charge in [0.1, 0.15) is 5.01 Å². The lowest BCUT2D eigenvalue weighted by Crippen LogP contribution is -2.37. The number of carbonyl (C=O) groups excluding carboxylic acids is 1. The zero-order valence-electron chi connectivity index (χ0n) is 17.9. The number of amides is 1. The van der Waals surface area contributed by atoms with E-state index in [-0.39, 0.29) is 23.6 Å². The molecule has 172 valence electrons. The SMILES string of the molecule is Cc1cccc(S(=O)(=O)N2CCC(c3nnc(C(=O)Nc4ccc5c(c4)OCO5)s3)CC2)c1. The first-order valence-electron chi connectivity index (χ1n) is 10.5. The van der Waals surface area contributed by atoms with Gasteiger partial charge in [0.2, 0.25) is 21.8 Å². The highest BCUT2D eigenvalue weighted by molar-refractivity contribution is 7.89. The number of nitrogens with one attached hydrogen (secondary N) is 1. The van der Waals surface area contributed by atoms with Crippen LogP contribution in [0.4, 0.5) is 5.69 Å². The highest BCUT2D eigenvalue weighted by Crippen LogP contribution is 2.35. The van der Waals surface area contributed by atoms with Crippen molar-refractivity contribution in [3.63, 3.8) is 0 Å². The quantitative estimate of drug-likeness (QED) is 0.588. The Kier molecular flexibility index (Phi) is 5.77. The van der Waals surface area contributed by atoms with Crippen molar-refractivity contribution < 1.29 is 22.7 Å². The summed E-state index contributed by atoms with van der Waals surface area (Å²) < 4.78 is 38.0. The smallest absolute Gasteiger partial charge is 0.286 e. The monoisotopic (exact) mass is 486 g/mol. The van der Waals surface area contributed by atoms with Crippen molar-refractivity contribution >= 4 is 33.0 Å². The molecule has 0 bridgehead atoms. The number of hydrogen-bond donors (Lipinski definition) is 1. The number of aryl methyl sites for hydroxylation is 1. The van der Waals surface area contributed by atoms with Crippen LogP contribution in [0.25, 0.3) is 0 Å². The van der Waals surface area contributed by atoms with Crippen LogP contribution in [0.15, 0.2) is 47.4 Å². The van der Waals surface area contributed by atoms with Crippen LogP contribution in [-0.4, -0.2) is 48.7 Å². The lowest BCUT2D eigenvalue weighted by atomic mass is 9.99. The van der Waals surface area contributed by atoms with Crippen molar-refractivity contribution in [2.45, 2.75) is 30.6 Å². The number of anilines is 1. The largest absolute Gasteiger partial charge is 0.454 e. The Bertz CT molecular complexity index is 1300. The highest BCUT2D eigenvalue weighted by Gasteiger charge is 2.31. The van der Waals surface area contributed by atoms with Gasteiger partial charge in [-0.3, -0.25) is 4.79 Å². The molecule has 2 aliphatic rings. The summed E-state index contributed by atoms with van der Waals surface area (Å²) in [5.74, 6) is 0.940. The minimum absolute atomic E-state index is 0.0681. The zero-order valence-corrected chi connectivity index (χ0v) is 19.5. The third-order valence-electron chi connectivity index (χ3n) is 5.70. The predicted molar refractivity (Wildman–Crippen MR) is 122 cm³/mol. The van der Waals surface area contributed by atoms with Gasteiger partial charge in [-0.05, 0) is 49.6 Å². The third-order valence-corrected chi connectivity index (χ3v) is 8.67. The summed E-state index contributed by atoms with van der Waals surface area (Å²) in [6.45, 7) is 2.84. The minimum Gasteiger partial charge on any atom is -0.454 e. The summed E-state index contributed by atoms with van der Waals surface area (Å²) in [5.41, 5.74) is 1.49. The van der Waals surface area contributed by atoms with Crippen molar-refractivity contribution in [2.75, 3.05) is 25.2 Å². The van der Waals surface area contributed by atoms with Gasteiger partial charge in [0, 0.05) is 30.8 Å². The van der Waals surface area contributed by atoms with Crippen LogP contribution in [0.3, 0.4) is 0 Å². The average molecular weight is 487 g/mol. The van der Waals surface area contributed by atoms with Crippen molar-refractivity contribution in [2.24, 2.45) is 0 Å². The van der Waals surface area contributed by atoms with E-state index in [1.165, 1.54) is 15.6 Å². The van der Waals surface area contributed by atoms with Crippen LogP contribution in [0.5, 0.6) is 11.5 Å². The van der Waals surface area contributed by atoms with E-state index >= 15 is 0 Å². The number of fused-ring (bicyclic) bond motifs is 1. The van der Waals surface area contributed by atoms with Gasteiger partial charge < -0.3 is 14.8 Å². The predicted octanol–water partition coefficient (Wildman–Crippen LogP) is 3.40. The van der Waals surface area contributed by atoms with Gasteiger partial charge in [0.25, 0.3) is 5.91 Å². The van der Waals surface area contributed by atoms with E-state index in [9.17, 15) is 13.2 Å². The Balaban J connectivity index is 1.22. The lowest BCUT2D eigenvalue weighted by Gasteiger charge is -2.30. The Labute approximate surface area is 195 Å². The second-order valence-corrected chi connectivity index (χ2v) is 10.9. The molecule has 0 aliphatic carbocycles. The van der Waals surface area contributed by atoms with Crippen molar-refractivity contribution in [1.82, 2.24) is 14.5 Å². The highest BCUT2D eigenvalue weighted by atomic mass is 32.2. The van der Waals surface area contributed by atoms with Crippen LogP contribution in [0.2, 0.25) is 0 Å². The zero-order chi connectivity index (χ0) is 23.0. The van der Waals surface area contributed by atoms with E-state index in [4.69, 9.17) is 9.47 Å². The molecule has 1 N–H and O–H groups in total. The maximum Gasteiger partial charge on any atom is 0.286 e. The van der Waals surface area contributed by atoms with Crippen LogP contribution in [0.1, 0.15) is 39.1 Å². The first kappa shape index (κ1) is 21.8. The fourth-order valence-corrected chi connectivity index (χ4v) is 6.40. The van der Waals surface area contributed by atoms with Gasteiger partial charge in [0.15, 0.2) is 11.5 Å². The first-order valence-corrected chi connectivity index (χ1v) is 12.8. The number of hydrogen-bond acceptors (Lipinski definition) is 8. The summed E-state index contributed by atoms with van der Waals surface area (Å²) in [7, 11) is -3.52. The van der Waals surface area contributed by atoms with Gasteiger partial charge in [-0.25, -0.2) is 8.42 Å². The van der Waals surface area contributed by atoms with E-state index in [0.29, 0.717) is 48.0 Å². The van der Waals surface area contributed by atoms with Crippen LogP contribution in [0, 0.1) is 6.92 Å². The topological polar surface area (TPSA) is 111 Å². The van der Waals surface area contributed by atoms with Crippen LogP contribution >= 0.6 is 11.3 Å². The summed E-state index contributed by atoms with van der Waals surface area (Å²) in [4.78, 5) is 12.9. The Morgan fingerprint density at radius 3 is 2.67 bits per heavy atom. The molecule has 3 aromatic rings. The Morgan fingerprint density at radius 1 is 1.09 bits per heavy atom. The molecule has 1 amide bonds. The number of benzene rings is 2. The number of nitrogens with zero attached hydrogens (tertiary/aromatic N) is 3. The lowest BCUT2D eigenvalue weighted by molar-refractivity contribution is 0.102. The van der Waals surface area contributed by atoms with E-state index in [1.807, 2.05) is 13.0 Å². The fraction of sp³-hybridized carbons (Fsp3) is 0.318. The van der Waals surface area contributed by atoms with Gasteiger partial charge in [-0.1, -0.05) is 23.5 Å². The van der Waals surface area contributed by atoms with Crippen LogP contribution in [-0.2, 0) is 10.0 Å². The average Bonchev–Trinajstić information content (AvgIpc) is 3.49. The second kappa shape index (κ2) is 8.73. The number of sulfonamides is 1. The van der Waals surface area contributed by atoms with E-state index < -0.39 is 10.0 Å². The van der Waals surface area contributed by atoms with Crippen LogP contribution < -0.4 is 14.8 Å². The molecule has 2 aromatic carbocycles. The fourth-order valence-electron chi connectivity index (χ4n) is 3.92. The molecule has 1 aromatic heterocycles. The molecule has 5 rings (SSSR count). The number of carbonyl (C=O) groups is 1. The minimum atomic E-state index is -3.52. The van der Waals surface area contributed by atoms with Gasteiger partial charge >= 0.3 is 0 Å². The van der Waals surface area contributed by atoms with E-state index in [2.05, 4.69) is 15.5 Å². The number of rotatable bonds is 5. The maximum absolute atomic E-state index is 13.0. The molecule has 33 heavy (non-hydrogen) atoms. The standard InChI is InChI=1S/C22H22N4O5S2/c1-14-3-2-4-17(11-14)33(28,29)26-9-7-15(8-10-26)21-24-25-22(32-21)20(27)23-16-5-6-18-19(12-16)31-13-30-18/h2-6,11-12,15H,7-10,13H2,1H3,(H,23,27). The number of piperidine rings is 1. The molecule has 1 fully saturated rings. The van der Waals surface area contributed by atoms with Crippen molar-refractivity contribution in [3.8, 4) is 11.5 Å². The molecule has 0 saturated carbocycles. The second-order valence-electron chi connectivity index (χ2n) is 7.96. The maximum atomic E-state index is 13.0. The summed E-state index contributed by atoms with van der Waals surface area (Å²) >= 11 is 1.24. The normalized spacial score (nSPS) is 16.6. The first-order chi connectivity index (χ1) is 15.9. The summed E-state index contributed by atoms with van der Waals surface area (Å²) in [5, 5.41) is 12.1. The summed E-state index contributed by atoms with van der Waals surface area (Å²) in [6, 6.07) is 12.1. The van der Waals surface area contributed by atoms with Gasteiger partial charge in [0.05, 0.1) is 4.90 Å². The van der Waals surface area contributed by atoms with E-state index in [0.717, 1.165) is 10.6 Å². The Morgan fingerprint density at radius 2 is 1.88 bits per heavy atom. The van der Waals surface area contributed by atoms with Gasteiger partial charge in [-0.15, -0.1) is 10.2 Å². The molecule has 0 unspecified atom stereocenters. The molecule has 1 saturated heterocycles. The molecule has 0 atom stereocenters. The number of aromatic nitrogens is 2. The third kappa shape index (κ3) is 4.43. The molecule has 11 heteroatoms. The molecule has 9 nitrogen and oxygen atoms in total.